The summed E-state index contributed by atoms with van der Waals surface area (Å²) < 4.78 is 12.8. The second kappa shape index (κ2) is 6.89. The van der Waals surface area contributed by atoms with Crippen molar-refractivity contribution in [3.63, 3.8) is 0 Å². The van der Waals surface area contributed by atoms with Crippen molar-refractivity contribution < 1.29 is 9.15 Å². The fourth-order valence-electron chi connectivity index (χ4n) is 3.42. The van der Waals surface area contributed by atoms with E-state index >= 15 is 0 Å². The van der Waals surface area contributed by atoms with E-state index < -0.39 is 0 Å². The third kappa shape index (κ3) is 3.17. The second-order valence-electron chi connectivity index (χ2n) is 7.08. The van der Waals surface area contributed by atoms with Crippen LogP contribution in [0.3, 0.4) is 0 Å². The Morgan fingerprint density at radius 2 is 1.92 bits per heavy atom. The standard InChI is InChI=1S/C21H20BrNO3/c1-13(2)9-23-10-17-19(26-12-23)8-7-16-20(24)18(11-25-21(16)17)14-3-5-15(22)6-4-14/h3-8,11,13H,9-10,12H2,1-2H3. The minimum Gasteiger partial charge on any atom is -0.478 e. The predicted molar refractivity (Wildman–Crippen MR) is 106 cm³/mol. The molecule has 4 rings (SSSR count). The van der Waals surface area contributed by atoms with E-state index in [1.54, 1.807) is 12.3 Å². The van der Waals surface area contributed by atoms with Crippen molar-refractivity contribution in [3.05, 3.63) is 62.9 Å². The zero-order valence-electron chi connectivity index (χ0n) is 14.8. The summed E-state index contributed by atoms with van der Waals surface area (Å²) in [5.74, 6) is 1.35. The van der Waals surface area contributed by atoms with Crippen LogP contribution >= 0.6 is 15.9 Å². The van der Waals surface area contributed by atoms with Crippen LogP contribution in [-0.2, 0) is 6.54 Å². The van der Waals surface area contributed by atoms with Crippen LogP contribution in [0.1, 0.15) is 19.4 Å². The molecule has 0 saturated carbocycles. The quantitative estimate of drug-likeness (QED) is 0.603. The maximum Gasteiger partial charge on any atom is 0.200 e. The number of hydrogen-bond donors (Lipinski definition) is 0. The summed E-state index contributed by atoms with van der Waals surface area (Å²) in [4.78, 5) is 15.3. The Kier molecular flexibility index (Phi) is 4.59. The highest BCUT2D eigenvalue weighted by molar-refractivity contribution is 9.10. The number of ether oxygens (including phenoxy) is 1. The molecule has 2 heterocycles. The average molecular weight is 414 g/mol. The number of fused-ring (bicyclic) bond motifs is 3. The Morgan fingerprint density at radius 1 is 1.15 bits per heavy atom. The van der Waals surface area contributed by atoms with Crippen LogP contribution in [0.4, 0.5) is 0 Å². The van der Waals surface area contributed by atoms with Gasteiger partial charge in [0.1, 0.15) is 24.3 Å². The van der Waals surface area contributed by atoms with Crippen molar-refractivity contribution in [2.75, 3.05) is 13.3 Å². The molecule has 0 bridgehead atoms. The van der Waals surface area contributed by atoms with E-state index in [4.69, 9.17) is 9.15 Å². The first-order valence-electron chi connectivity index (χ1n) is 8.71. The molecule has 26 heavy (non-hydrogen) atoms. The van der Waals surface area contributed by atoms with Gasteiger partial charge in [-0.25, -0.2) is 0 Å². The zero-order valence-corrected chi connectivity index (χ0v) is 16.4. The SMILES string of the molecule is CC(C)CN1COc2ccc3c(=O)c(-c4ccc(Br)cc4)coc3c2C1. The van der Waals surface area contributed by atoms with Gasteiger partial charge in [0.15, 0.2) is 0 Å². The largest absolute Gasteiger partial charge is 0.478 e. The molecule has 1 aliphatic heterocycles. The molecule has 0 radical (unpaired) electrons. The van der Waals surface area contributed by atoms with Crippen LogP contribution in [0, 0.1) is 5.92 Å². The molecule has 0 fully saturated rings. The molecule has 0 spiro atoms. The van der Waals surface area contributed by atoms with E-state index in [2.05, 4.69) is 34.7 Å². The summed E-state index contributed by atoms with van der Waals surface area (Å²) in [7, 11) is 0. The van der Waals surface area contributed by atoms with Crippen LogP contribution < -0.4 is 10.2 Å². The smallest absolute Gasteiger partial charge is 0.200 e. The van der Waals surface area contributed by atoms with Gasteiger partial charge in [0.05, 0.1) is 16.5 Å². The zero-order chi connectivity index (χ0) is 18.3. The van der Waals surface area contributed by atoms with Gasteiger partial charge in [0.25, 0.3) is 0 Å². The molecule has 0 aliphatic carbocycles. The van der Waals surface area contributed by atoms with Crippen LogP contribution in [-0.4, -0.2) is 18.2 Å². The third-order valence-electron chi connectivity index (χ3n) is 4.56. The van der Waals surface area contributed by atoms with E-state index in [0.29, 0.717) is 29.2 Å². The van der Waals surface area contributed by atoms with Crippen molar-refractivity contribution in [2.45, 2.75) is 20.4 Å². The molecule has 134 valence electrons. The lowest BCUT2D eigenvalue weighted by molar-refractivity contribution is 0.0848. The predicted octanol–water partition coefficient (Wildman–Crippen LogP) is 5.03. The van der Waals surface area contributed by atoms with E-state index in [0.717, 1.165) is 34.4 Å². The van der Waals surface area contributed by atoms with E-state index in [-0.39, 0.29) is 5.43 Å². The second-order valence-corrected chi connectivity index (χ2v) is 8.00. The molecule has 0 amide bonds. The van der Waals surface area contributed by atoms with Crippen LogP contribution in [0.2, 0.25) is 0 Å². The number of halogens is 1. The van der Waals surface area contributed by atoms with Crippen LogP contribution in [0.5, 0.6) is 5.75 Å². The van der Waals surface area contributed by atoms with Gasteiger partial charge in [-0.15, -0.1) is 0 Å². The monoisotopic (exact) mass is 413 g/mol. The molecule has 1 aliphatic rings. The number of hydrogen-bond acceptors (Lipinski definition) is 4. The van der Waals surface area contributed by atoms with Crippen molar-refractivity contribution >= 4 is 26.9 Å². The van der Waals surface area contributed by atoms with Crippen molar-refractivity contribution in [1.29, 1.82) is 0 Å². The minimum absolute atomic E-state index is 0.0163. The van der Waals surface area contributed by atoms with Crippen molar-refractivity contribution in [2.24, 2.45) is 5.92 Å². The van der Waals surface area contributed by atoms with Gasteiger partial charge in [-0.05, 0) is 35.7 Å². The number of nitrogens with zero attached hydrogens (tertiary/aromatic N) is 1. The molecule has 0 atom stereocenters. The van der Waals surface area contributed by atoms with Gasteiger partial charge in [-0.1, -0.05) is 41.9 Å². The fourth-order valence-corrected chi connectivity index (χ4v) is 3.68. The summed E-state index contributed by atoms with van der Waals surface area (Å²) >= 11 is 3.42. The molecule has 2 aromatic carbocycles. The third-order valence-corrected chi connectivity index (χ3v) is 5.09. The Labute approximate surface area is 160 Å². The Hall–Kier alpha value is -2.11. The molecule has 0 N–H and O–H groups in total. The Bertz CT molecular complexity index is 1010. The maximum atomic E-state index is 13.0. The lowest BCUT2D eigenvalue weighted by Crippen LogP contribution is -2.34. The highest BCUT2D eigenvalue weighted by Gasteiger charge is 2.23. The van der Waals surface area contributed by atoms with Crippen molar-refractivity contribution in [1.82, 2.24) is 4.90 Å². The number of rotatable bonds is 3. The van der Waals surface area contributed by atoms with E-state index in [9.17, 15) is 4.79 Å². The molecular formula is C21H20BrNO3. The van der Waals surface area contributed by atoms with Gasteiger partial charge >= 0.3 is 0 Å². The number of benzene rings is 2. The van der Waals surface area contributed by atoms with Gasteiger partial charge in [-0.2, -0.15) is 0 Å². The minimum atomic E-state index is -0.0163. The van der Waals surface area contributed by atoms with Crippen molar-refractivity contribution in [3.8, 4) is 16.9 Å². The summed E-state index contributed by atoms with van der Waals surface area (Å²) in [6.07, 6.45) is 1.57. The molecule has 5 heteroatoms. The first-order valence-corrected chi connectivity index (χ1v) is 9.50. The lowest BCUT2D eigenvalue weighted by Gasteiger charge is -2.30. The fraction of sp³-hybridized carbons (Fsp3) is 0.286. The van der Waals surface area contributed by atoms with Gasteiger partial charge in [0, 0.05) is 17.6 Å². The van der Waals surface area contributed by atoms with E-state index in [1.165, 1.54) is 0 Å². The summed E-state index contributed by atoms with van der Waals surface area (Å²) in [6.45, 7) is 6.60. The first kappa shape index (κ1) is 17.3. The summed E-state index contributed by atoms with van der Waals surface area (Å²) in [6, 6.07) is 11.3. The lowest BCUT2D eigenvalue weighted by atomic mass is 10.0. The Morgan fingerprint density at radius 3 is 2.65 bits per heavy atom. The van der Waals surface area contributed by atoms with Gasteiger partial charge < -0.3 is 9.15 Å². The summed E-state index contributed by atoms with van der Waals surface area (Å²) in [5, 5.41) is 0.596. The topological polar surface area (TPSA) is 42.7 Å². The highest BCUT2D eigenvalue weighted by atomic mass is 79.9. The molecule has 0 unspecified atom stereocenters. The first-order chi connectivity index (χ1) is 12.5. The Balaban J connectivity index is 1.80. The highest BCUT2D eigenvalue weighted by Crippen LogP contribution is 2.32. The molecule has 1 aromatic heterocycles. The molecular weight excluding hydrogens is 394 g/mol. The maximum absolute atomic E-state index is 13.0. The van der Waals surface area contributed by atoms with Gasteiger partial charge in [-0.3, -0.25) is 9.69 Å². The van der Waals surface area contributed by atoms with Gasteiger partial charge in [0.2, 0.25) is 5.43 Å². The van der Waals surface area contributed by atoms with E-state index in [1.807, 2.05) is 30.3 Å². The summed E-state index contributed by atoms with van der Waals surface area (Å²) in [5.41, 5.74) is 2.98. The molecule has 4 nitrogen and oxygen atoms in total. The average Bonchev–Trinajstić information content (AvgIpc) is 2.62. The van der Waals surface area contributed by atoms with Crippen LogP contribution in [0.15, 0.2) is 56.3 Å². The van der Waals surface area contributed by atoms with Crippen LogP contribution in [0.25, 0.3) is 22.1 Å². The normalized spacial score (nSPS) is 14.5. The molecule has 0 saturated heterocycles. The molecule has 3 aromatic rings.